The SMILES string of the molecule is N#Cc1c[nH]c2c(NC3=NC(=N[C@@H]4CCCC[C@@H]4N)C=C4C=NNC(=O)C43)cccc12. The molecule has 1 aromatic carbocycles. The molecule has 5 N–H and O–H groups in total. The predicted molar refractivity (Wildman–Crippen MR) is 120 cm³/mol. The second kappa shape index (κ2) is 7.81. The molecule has 1 saturated carbocycles. The van der Waals surface area contributed by atoms with Crippen LogP contribution in [0.15, 0.2) is 51.1 Å². The first kappa shape index (κ1) is 19.2. The minimum atomic E-state index is -0.614. The summed E-state index contributed by atoms with van der Waals surface area (Å²) in [5.41, 5.74) is 11.6. The molecule has 1 amide bonds. The number of carbonyl (C=O) groups excluding carboxylic acids is 1. The number of aromatic nitrogens is 1. The number of anilines is 1. The van der Waals surface area contributed by atoms with Gasteiger partial charge in [-0.2, -0.15) is 10.4 Å². The number of hydrazone groups is 1. The Morgan fingerprint density at radius 2 is 2.16 bits per heavy atom. The number of rotatable bonds is 2. The van der Waals surface area contributed by atoms with Crippen molar-refractivity contribution in [2.45, 2.75) is 37.8 Å². The van der Waals surface area contributed by atoms with Gasteiger partial charge in [-0.15, -0.1) is 0 Å². The zero-order valence-corrected chi connectivity index (χ0v) is 16.8. The molecule has 31 heavy (non-hydrogen) atoms. The minimum absolute atomic E-state index is 0.0153. The maximum Gasteiger partial charge on any atom is 0.255 e. The maximum absolute atomic E-state index is 12.6. The number of H-pyrrole nitrogens is 1. The third-order valence-electron chi connectivity index (χ3n) is 5.97. The number of amides is 1. The average Bonchev–Trinajstić information content (AvgIpc) is 3.20. The summed E-state index contributed by atoms with van der Waals surface area (Å²) < 4.78 is 0. The first-order chi connectivity index (χ1) is 15.1. The molecule has 3 heterocycles. The van der Waals surface area contributed by atoms with Gasteiger partial charge >= 0.3 is 0 Å². The second-order valence-corrected chi connectivity index (χ2v) is 7.98. The smallest absolute Gasteiger partial charge is 0.255 e. The lowest BCUT2D eigenvalue weighted by molar-refractivity contribution is -0.122. The van der Waals surface area contributed by atoms with E-state index < -0.39 is 5.92 Å². The molecule has 2 aromatic rings. The summed E-state index contributed by atoms with van der Waals surface area (Å²) in [6.45, 7) is 0. The van der Waals surface area contributed by atoms with Crippen molar-refractivity contribution in [3.05, 3.63) is 41.6 Å². The molecule has 1 unspecified atom stereocenters. The summed E-state index contributed by atoms with van der Waals surface area (Å²) in [7, 11) is 0. The summed E-state index contributed by atoms with van der Waals surface area (Å²) in [4.78, 5) is 25.2. The van der Waals surface area contributed by atoms with Crippen LogP contribution in [0.1, 0.15) is 31.2 Å². The Labute approximate surface area is 178 Å². The number of amidine groups is 2. The van der Waals surface area contributed by atoms with E-state index in [0.29, 0.717) is 17.2 Å². The van der Waals surface area contributed by atoms with E-state index in [1.807, 2.05) is 24.3 Å². The van der Waals surface area contributed by atoms with E-state index >= 15 is 0 Å². The van der Waals surface area contributed by atoms with Gasteiger partial charge in [-0.3, -0.25) is 9.79 Å². The monoisotopic (exact) mass is 414 g/mol. The van der Waals surface area contributed by atoms with Crippen LogP contribution >= 0.6 is 0 Å². The van der Waals surface area contributed by atoms with E-state index in [-0.39, 0.29) is 18.0 Å². The number of nitriles is 1. The summed E-state index contributed by atoms with van der Waals surface area (Å²) in [5.74, 6) is 0.125. The molecule has 0 saturated heterocycles. The van der Waals surface area contributed by atoms with Gasteiger partial charge < -0.3 is 16.0 Å². The third kappa shape index (κ3) is 3.51. The normalized spacial score (nSPS) is 26.6. The van der Waals surface area contributed by atoms with Crippen LogP contribution in [-0.4, -0.2) is 40.9 Å². The Kier molecular flexibility index (Phi) is 4.84. The number of benzene rings is 1. The largest absolute Gasteiger partial charge is 0.358 e. The lowest BCUT2D eigenvalue weighted by Crippen LogP contribution is -2.43. The van der Waals surface area contributed by atoms with Crippen LogP contribution in [0.3, 0.4) is 0 Å². The summed E-state index contributed by atoms with van der Waals surface area (Å²) in [5, 5.41) is 17.4. The van der Waals surface area contributed by atoms with Crippen molar-refractivity contribution in [1.82, 2.24) is 10.4 Å². The van der Waals surface area contributed by atoms with Gasteiger partial charge in [-0.05, 0) is 30.6 Å². The van der Waals surface area contributed by atoms with Crippen molar-refractivity contribution in [2.24, 2.45) is 26.7 Å². The standard InChI is InChI=1S/C22H22N8O/c23-9-13-10-25-20-14(13)4-3-7-17(20)28-21-19-12(11-26-30-22(19)31)8-18(29-21)27-16-6-2-1-5-15(16)24/h3-4,7-8,10-11,15-16,19,25H,1-2,5-6,24H2,(H,30,31)(H,27,28,29)/t15-,16+,19?/m0/s1. The van der Waals surface area contributed by atoms with Crippen LogP contribution in [0.4, 0.5) is 5.69 Å². The van der Waals surface area contributed by atoms with Crippen LogP contribution in [-0.2, 0) is 4.79 Å². The number of nitrogens with zero attached hydrogens (tertiary/aromatic N) is 4. The van der Waals surface area contributed by atoms with Crippen LogP contribution in [0.25, 0.3) is 10.9 Å². The molecule has 9 nitrogen and oxygen atoms in total. The zero-order chi connectivity index (χ0) is 21.4. The lowest BCUT2D eigenvalue weighted by Gasteiger charge is -2.28. The average molecular weight is 414 g/mol. The molecule has 5 rings (SSSR count). The molecule has 156 valence electrons. The van der Waals surface area contributed by atoms with Gasteiger partial charge in [0.1, 0.15) is 23.7 Å². The van der Waals surface area contributed by atoms with Crippen LogP contribution in [0, 0.1) is 17.2 Å². The molecule has 3 aliphatic rings. The van der Waals surface area contributed by atoms with Gasteiger partial charge in [0.2, 0.25) is 0 Å². The molecule has 2 aliphatic heterocycles. The van der Waals surface area contributed by atoms with Gasteiger partial charge in [0.25, 0.3) is 5.91 Å². The fraction of sp³-hybridized carbons (Fsp3) is 0.318. The molecule has 1 fully saturated rings. The fourth-order valence-corrected chi connectivity index (χ4v) is 4.36. The highest BCUT2D eigenvalue weighted by Crippen LogP contribution is 2.28. The number of para-hydroxylation sites is 1. The van der Waals surface area contributed by atoms with Crippen molar-refractivity contribution < 1.29 is 4.79 Å². The summed E-state index contributed by atoms with van der Waals surface area (Å²) in [6.07, 6.45) is 9.21. The summed E-state index contributed by atoms with van der Waals surface area (Å²) >= 11 is 0. The van der Waals surface area contributed by atoms with E-state index in [1.165, 1.54) is 0 Å². The zero-order valence-electron chi connectivity index (χ0n) is 16.8. The predicted octanol–water partition coefficient (Wildman–Crippen LogP) is 2.19. The highest BCUT2D eigenvalue weighted by atomic mass is 16.2. The van der Waals surface area contributed by atoms with Gasteiger partial charge in [0, 0.05) is 17.6 Å². The van der Waals surface area contributed by atoms with E-state index in [0.717, 1.165) is 47.8 Å². The number of hydrogen-bond acceptors (Lipinski definition) is 6. The minimum Gasteiger partial charge on any atom is -0.358 e. The molecule has 3 atom stereocenters. The van der Waals surface area contributed by atoms with E-state index in [2.05, 4.69) is 26.9 Å². The highest BCUT2D eigenvalue weighted by molar-refractivity contribution is 6.24. The first-order valence-corrected chi connectivity index (χ1v) is 10.4. The van der Waals surface area contributed by atoms with E-state index in [1.54, 1.807) is 12.4 Å². The molecule has 0 bridgehead atoms. The Morgan fingerprint density at radius 3 is 3.00 bits per heavy atom. The van der Waals surface area contributed by atoms with Gasteiger partial charge in [0.05, 0.1) is 29.0 Å². The number of nitrogens with two attached hydrogens (primary N) is 1. The molecule has 9 heteroatoms. The van der Waals surface area contributed by atoms with Gasteiger partial charge in [-0.1, -0.05) is 25.0 Å². The van der Waals surface area contributed by atoms with Crippen molar-refractivity contribution in [3.8, 4) is 6.07 Å². The number of aliphatic imine (C=N–C) groups is 2. The molecular weight excluding hydrogens is 392 g/mol. The van der Waals surface area contributed by atoms with E-state index in [9.17, 15) is 10.1 Å². The number of carbonyl (C=O) groups is 1. The number of aromatic amines is 1. The second-order valence-electron chi connectivity index (χ2n) is 7.98. The molecule has 1 aromatic heterocycles. The lowest BCUT2D eigenvalue weighted by atomic mass is 9.91. The summed E-state index contributed by atoms with van der Waals surface area (Å²) in [6, 6.07) is 7.83. The van der Waals surface area contributed by atoms with Crippen molar-refractivity contribution in [1.29, 1.82) is 5.26 Å². The Morgan fingerprint density at radius 1 is 1.29 bits per heavy atom. The Hall–Kier alpha value is -3.77. The number of dihydropyridines is 1. The van der Waals surface area contributed by atoms with Crippen LogP contribution in [0.5, 0.6) is 0 Å². The molecule has 1 aliphatic carbocycles. The Balaban J connectivity index is 1.55. The number of fused-ring (bicyclic) bond motifs is 2. The maximum atomic E-state index is 12.6. The highest BCUT2D eigenvalue weighted by Gasteiger charge is 2.34. The number of nitrogens with one attached hydrogen (secondary N) is 3. The van der Waals surface area contributed by atoms with E-state index in [4.69, 9.17) is 15.7 Å². The van der Waals surface area contributed by atoms with Crippen molar-refractivity contribution >= 4 is 40.4 Å². The molecule has 0 radical (unpaired) electrons. The van der Waals surface area contributed by atoms with Gasteiger partial charge in [-0.25, -0.2) is 10.4 Å². The quantitative estimate of drug-likeness (QED) is 0.597. The number of hydrogen-bond donors (Lipinski definition) is 4. The van der Waals surface area contributed by atoms with Crippen molar-refractivity contribution in [2.75, 3.05) is 5.32 Å². The van der Waals surface area contributed by atoms with Gasteiger partial charge in [0.15, 0.2) is 0 Å². The molecular formula is C22H22N8O. The van der Waals surface area contributed by atoms with Crippen LogP contribution in [0.2, 0.25) is 0 Å². The Bertz CT molecular complexity index is 1210. The topological polar surface area (TPSA) is 144 Å². The fourth-order valence-electron chi connectivity index (χ4n) is 4.36. The first-order valence-electron chi connectivity index (χ1n) is 10.4. The molecule has 0 spiro atoms. The van der Waals surface area contributed by atoms with Crippen molar-refractivity contribution in [3.63, 3.8) is 0 Å². The van der Waals surface area contributed by atoms with Crippen LogP contribution < -0.4 is 16.5 Å². The third-order valence-corrected chi connectivity index (χ3v) is 5.97.